The summed E-state index contributed by atoms with van der Waals surface area (Å²) in [5, 5.41) is 6.35. The minimum absolute atomic E-state index is 0.0318. The smallest absolute Gasteiger partial charge is 0.239 e. The van der Waals surface area contributed by atoms with Crippen LogP contribution >= 0.6 is 0 Å². The number of anilines is 1. The third-order valence-corrected chi connectivity index (χ3v) is 5.14. The first-order chi connectivity index (χ1) is 12.9. The molecule has 0 unspecified atom stereocenters. The van der Waals surface area contributed by atoms with Gasteiger partial charge in [0.1, 0.15) is 12.1 Å². The molecule has 0 bridgehead atoms. The van der Waals surface area contributed by atoms with Crippen molar-refractivity contribution in [3.05, 3.63) is 60.4 Å². The van der Waals surface area contributed by atoms with Crippen LogP contribution in [0.1, 0.15) is 5.56 Å². The van der Waals surface area contributed by atoms with Gasteiger partial charge in [-0.1, -0.05) is 30.3 Å². The van der Waals surface area contributed by atoms with Gasteiger partial charge in [-0.3, -0.25) is 4.79 Å². The molecule has 0 fully saturated rings. The average Bonchev–Trinajstić information content (AvgIpc) is 2.66. The second-order valence-electron chi connectivity index (χ2n) is 6.11. The molecule has 0 saturated heterocycles. The van der Waals surface area contributed by atoms with Crippen molar-refractivity contribution in [1.82, 2.24) is 15.3 Å². The molecule has 0 aliphatic rings. The Kier molecular flexibility index (Phi) is 5.66. The number of amides is 1. The van der Waals surface area contributed by atoms with Crippen molar-refractivity contribution in [2.75, 3.05) is 24.7 Å². The number of hydrogen-bond acceptors (Lipinski definition) is 6. The Morgan fingerprint density at radius 1 is 1.07 bits per heavy atom. The van der Waals surface area contributed by atoms with E-state index in [1.165, 1.54) is 18.5 Å². The van der Waals surface area contributed by atoms with E-state index in [0.29, 0.717) is 23.3 Å². The highest BCUT2D eigenvalue weighted by Gasteiger charge is 2.11. The van der Waals surface area contributed by atoms with Crippen molar-refractivity contribution < 1.29 is 13.2 Å². The van der Waals surface area contributed by atoms with E-state index in [-0.39, 0.29) is 17.3 Å². The Bertz CT molecular complexity index is 1050. The van der Waals surface area contributed by atoms with E-state index in [9.17, 15) is 13.2 Å². The normalized spacial score (nSPS) is 11.3. The first-order valence-corrected chi connectivity index (χ1v) is 10.3. The summed E-state index contributed by atoms with van der Waals surface area (Å²) in [6.07, 6.45) is 3.27. The molecule has 140 valence electrons. The maximum Gasteiger partial charge on any atom is 0.239 e. The summed E-state index contributed by atoms with van der Waals surface area (Å²) in [6.45, 7) is 0.567. The van der Waals surface area contributed by atoms with Gasteiger partial charge in [-0.25, -0.2) is 18.4 Å². The molecule has 2 N–H and O–H groups in total. The number of rotatable bonds is 7. The number of carbonyl (C=O) groups excluding carboxylic acids is 1. The number of nitrogens with zero attached hydrogens (tertiary/aromatic N) is 2. The molecular formula is C19H20N4O3S. The zero-order valence-corrected chi connectivity index (χ0v) is 15.7. The van der Waals surface area contributed by atoms with E-state index in [4.69, 9.17) is 0 Å². The van der Waals surface area contributed by atoms with Gasteiger partial charge in [-0.2, -0.15) is 0 Å². The molecule has 27 heavy (non-hydrogen) atoms. The molecule has 0 aliphatic carbocycles. The number of fused-ring (bicyclic) bond motifs is 1. The Hall–Kier alpha value is -3.00. The summed E-state index contributed by atoms with van der Waals surface area (Å²) in [7, 11) is -3.34. The number of sulfone groups is 1. The van der Waals surface area contributed by atoms with Crippen LogP contribution in [0.15, 0.2) is 59.8 Å². The van der Waals surface area contributed by atoms with E-state index in [1.54, 1.807) is 6.07 Å². The minimum atomic E-state index is -3.34. The SMILES string of the molecule is CS(=O)(=O)c1ccc2ncnc(NCC(=O)NCCc3ccccc3)c2c1. The van der Waals surface area contributed by atoms with Gasteiger partial charge in [-0.15, -0.1) is 0 Å². The van der Waals surface area contributed by atoms with E-state index in [2.05, 4.69) is 20.6 Å². The third kappa shape index (κ3) is 5.01. The van der Waals surface area contributed by atoms with Crippen LogP contribution in [-0.2, 0) is 21.1 Å². The molecule has 7 nitrogen and oxygen atoms in total. The van der Waals surface area contributed by atoms with Gasteiger partial charge in [0.05, 0.1) is 17.0 Å². The fraction of sp³-hybridized carbons (Fsp3) is 0.211. The molecule has 0 aliphatic heterocycles. The highest BCUT2D eigenvalue weighted by molar-refractivity contribution is 7.90. The van der Waals surface area contributed by atoms with Gasteiger partial charge in [0.25, 0.3) is 0 Å². The monoisotopic (exact) mass is 384 g/mol. The second kappa shape index (κ2) is 8.13. The van der Waals surface area contributed by atoms with Gasteiger partial charge in [0, 0.05) is 18.2 Å². The van der Waals surface area contributed by atoms with Gasteiger partial charge in [0.2, 0.25) is 5.91 Å². The maximum absolute atomic E-state index is 12.1. The average molecular weight is 384 g/mol. The number of benzene rings is 2. The molecule has 0 radical (unpaired) electrons. The third-order valence-electron chi connectivity index (χ3n) is 4.03. The second-order valence-corrected chi connectivity index (χ2v) is 8.13. The maximum atomic E-state index is 12.1. The number of aromatic nitrogens is 2. The topological polar surface area (TPSA) is 101 Å². The Labute approximate surface area is 157 Å². The number of carbonyl (C=O) groups is 1. The number of hydrogen-bond donors (Lipinski definition) is 2. The van der Waals surface area contributed by atoms with Crippen LogP contribution in [0.3, 0.4) is 0 Å². The van der Waals surface area contributed by atoms with Crippen LogP contribution in [0.5, 0.6) is 0 Å². The lowest BCUT2D eigenvalue weighted by Crippen LogP contribution is -2.31. The van der Waals surface area contributed by atoms with Crippen molar-refractivity contribution in [2.24, 2.45) is 0 Å². The summed E-state index contributed by atoms with van der Waals surface area (Å²) in [6, 6.07) is 14.5. The Balaban J connectivity index is 1.63. The van der Waals surface area contributed by atoms with Crippen molar-refractivity contribution in [3.8, 4) is 0 Å². The summed E-state index contributed by atoms with van der Waals surface area (Å²) in [5.41, 5.74) is 1.75. The highest BCUT2D eigenvalue weighted by atomic mass is 32.2. The lowest BCUT2D eigenvalue weighted by atomic mass is 10.1. The first-order valence-electron chi connectivity index (χ1n) is 8.43. The molecule has 0 saturated carbocycles. The van der Waals surface area contributed by atoms with Crippen LogP contribution in [0.4, 0.5) is 5.82 Å². The van der Waals surface area contributed by atoms with Crippen LogP contribution in [0, 0.1) is 0 Å². The van der Waals surface area contributed by atoms with E-state index in [1.807, 2.05) is 30.3 Å². The van der Waals surface area contributed by atoms with Gasteiger partial charge >= 0.3 is 0 Å². The molecule has 0 spiro atoms. The molecule has 8 heteroatoms. The van der Waals surface area contributed by atoms with Crippen LogP contribution in [-0.4, -0.2) is 43.6 Å². The van der Waals surface area contributed by atoms with Crippen LogP contribution in [0.25, 0.3) is 10.9 Å². The summed E-state index contributed by atoms with van der Waals surface area (Å²) < 4.78 is 23.5. The highest BCUT2D eigenvalue weighted by Crippen LogP contribution is 2.22. The Morgan fingerprint density at radius 2 is 1.85 bits per heavy atom. The molecule has 1 amide bonds. The predicted octanol–water partition coefficient (Wildman–Crippen LogP) is 1.80. The van der Waals surface area contributed by atoms with Crippen LogP contribution in [0.2, 0.25) is 0 Å². The van der Waals surface area contributed by atoms with E-state index >= 15 is 0 Å². The largest absolute Gasteiger partial charge is 0.360 e. The molecule has 0 atom stereocenters. The van der Waals surface area contributed by atoms with Crippen molar-refractivity contribution in [3.63, 3.8) is 0 Å². The molecule has 3 rings (SSSR count). The summed E-state index contributed by atoms with van der Waals surface area (Å²) in [4.78, 5) is 20.5. The van der Waals surface area contributed by atoms with Crippen molar-refractivity contribution in [1.29, 1.82) is 0 Å². The fourth-order valence-corrected chi connectivity index (χ4v) is 3.27. The van der Waals surface area contributed by atoms with Crippen LogP contribution < -0.4 is 10.6 Å². The molecule has 3 aromatic rings. The summed E-state index contributed by atoms with van der Waals surface area (Å²) >= 11 is 0. The van der Waals surface area contributed by atoms with Gasteiger partial charge in [0.15, 0.2) is 9.84 Å². The fourth-order valence-electron chi connectivity index (χ4n) is 2.62. The lowest BCUT2D eigenvalue weighted by Gasteiger charge is -2.10. The Morgan fingerprint density at radius 3 is 2.59 bits per heavy atom. The van der Waals surface area contributed by atoms with Gasteiger partial charge < -0.3 is 10.6 Å². The summed E-state index contributed by atoms with van der Waals surface area (Å²) in [5.74, 6) is 0.251. The lowest BCUT2D eigenvalue weighted by molar-refractivity contribution is -0.119. The molecular weight excluding hydrogens is 364 g/mol. The molecule has 2 aromatic carbocycles. The quantitative estimate of drug-likeness (QED) is 0.644. The molecule has 1 heterocycles. The van der Waals surface area contributed by atoms with Crippen molar-refractivity contribution >= 4 is 32.5 Å². The zero-order chi connectivity index (χ0) is 19.3. The first kappa shape index (κ1) is 18.8. The minimum Gasteiger partial charge on any atom is -0.360 e. The van der Waals surface area contributed by atoms with Crippen molar-refractivity contribution in [2.45, 2.75) is 11.3 Å². The predicted molar refractivity (Wildman–Crippen MR) is 104 cm³/mol. The van der Waals surface area contributed by atoms with E-state index < -0.39 is 9.84 Å². The van der Waals surface area contributed by atoms with E-state index in [0.717, 1.165) is 18.2 Å². The standard InChI is InChI=1S/C19H20N4O3S/c1-27(25,26)15-7-8-17-16(11-15)19(23-13-22-17)21-12-18(24)20-10-9-14-5-3-2-4-6-14/h2-8,11,13H,9-10,12H2,1H3,(H,20,24)(H,21,22,23). The molecule has 1 aromatic heterocycles. The van der Waals surface area contributed by atoms with Gasteiger partial charge in [-0.05, 0) is 30.2 Å². The number of nitrogens with one attached hydrogen (secondary N) is 2. The zero-order valence-electron chi connectivity index (χ0n) is 14.8.